The van der Waals surface area contributed by atoms with E-state index in [1.165, 1.54) is 23.4 Å². The van der Waals surface area contributed by atoms with E-state index >= 15 is 0 Å². The molecule has 21 heavy (non-hydrogen) atoms. The van der Waals surface area contributed by atoms with Gasteiger partial charge in [-0.25, -0.2) is 4.98 Å². The minimum Gasteiger partial charge on any atom is -0.324 e. The molecule has 2 aliphatic rings. The van der Waals surface area contributed by atoms with E-state index in [0.29, 0.717) is 17.5 Å². The minimum absolute atomic E-state index is 0.0233. The van der Waals surface area contributed by atoms with Gasteiger partial charge in [0.15, 0.2) is 0 Å². The van der Waals surface area contributed by atoms with E-state index in [1.54, 1.807) is 6.07 Å². The van der Waals surface area contributed by atoms with Gasteiger partial charge in [0.2, 0.25) is 11.9 Å². The van der Waals surface area contributed by atoms with Gasteiger partial charge in [0.05, 0.1) is 11.9 Å². The third-order valence-corrected chi connectivity index (χ3v) is 4.63. The van der Waals surface area contributed by atoms with Crippen LogP contribution in [0.3, 0.4) is 0 Å². The van der Waals surface area contributed by atoms with Crippen molar-refractivity contribution in [2.45, 2.75) is 18.8 Å². The molecule has 2 aliphatic carbocycles. The van der Waals surface area contributed by atoms with Gasteiger partial charge >= 0.3 is 0 Å². The zero-order valence-electron chi connectivity index (χ0n) is 11.4. The Morgan fingerprint density at radius 3 is 2.90 bits per heavy atom. The van der Waals surface area contributed by atoms with E-state index in [0.717, 1.165) is 12.8 Å². The van der Waals surface area contributed by atoms with Crippen molar-refractivity contribution in [3.63, 3.8) is 0 Å². The van der Waals surface area contributed by atoms with Crippen LogP contribution in [0.5, 0.6) is 0 Å². The first kappa shape index (κ1) is 12.5. The molecule has 0 spiro atoms. The Morgan fingerprint density at radius 2 is 2.10 bits per heavy atom. The minimum atomic E-state index is -0.540. The standard InChI is InChI=1S/C17H15FN2O/c18-14-8-6-11(9-19-14)20-17(21)16-13-7-5-10-3-1-2-4-12(10)15(13)16/h1-4,6,8-9,13,15-16H,5,7H2,(H,20,21). The smallest absolute Gasteiger partial charge is 0.228 e. The van der Waals surface area contributed by atoms with Crippen LogP contribution in [0.1, 0.15) is 23.5 Å². The third-order valence-electron chi connectivity index (χ3n) is 4.63. The van der Waals surface area contributed by atoms with Gasteiger partial charge in [0.25, 0.3) is 0 Å². The number of hydrogen-bond donors (Lipinski definition) is 1. The summed E-state index contributed by atoms with van der Waals surface area (Å²) in [6, 6.07) is 11.2. The summed E-state index contributed by atoms with van der Waals surface area (Å²) in [6.07, 6.45) is 3.48. The highest BCUT2D eigenvalue weighted by molar-refractivity contribution is 5.95. The molecule has 2 aromatic rings. The number of fused-ring (bicyclic) bond motifs is 3. The van der Waals surface area contributed by atoms with Crippen LogP contribution >= 0.6 is 0 Å². The van der Waals surface area contributed by atoms with Crippen molar-refractivity contribution in [2.24, 2.45) is 11.8 Å². The molecule has 1 amide bonds. The molecule has 1 fully saturated rings. The van der Waals surface area contributed by atoms with Gasteiger partial charge in [-0.2, -0.15) is 4.39 Å². The number of aryl methyl sites for hydroxylation is 1. The fourth-order valence-electron chi connectivity index (χ4n) is 3.60. The third kappa shape index (κ3) is 2.11. The second-order valence-corrected chi connectivity index (χ2v) is 5.81. The quantitative estimate of drug-likeness (QED) is 0.860. The van der Waals surface area contributed by atoms with E-state index in [1.807, 2.05) is 6.07 Å². The summed E-state index contributed by atoms with van der Waals surface area (Å²) in [4.78, 5) is 16.0. The summed E-state index contributed by atoms with van der Waals surface area (Å²) in [5, 5.41) is 2.85. The molecule has 106 valence electrons. The number of hydrogen-bond acceptors (Lipinski definition) is 2. The number of nitrogens with zero attached hydrogens (tertiary/aromatic N) is 1. The van der Waals surface area contributed by atoms with Gasteiger partial charge in [-0.15, -0.1) is 0 Å². The Bertz CT molecular complexity index is 698. The molecular formula is C17H15FN2O. The van der Waals surface area contributed by atoms with Crippen molar-refractivity contribution >= 4 is 11.6 Å². The Balaban J connectivity index is 1.52. The number of carbonyl (C=O) groups is 1. The monoisotopic (exact) mass is 282 g/mol. The highest BCUT2D eigenvalue weighted by Gasteiger charge is 2.56. The molecule has 3 unspecified atom stereocenters. The lowest BCUT2D eigenvalue weighted by atomic mass is 9.92. The molecule has 0 radical (unpaired) electrons. The van der Waals surface area contributed by atoms with Gasteiger partial charge < -0.3 is 5.32 Å². The number of benzene rings is 1. The van der Waals surface area contributed by atoms with Gasteiger partial charge in [0, 0.05) is 5.92 Å². The lowest BCUT2D eigenvalue weighted by molar-refractivity contribution is -0.117. The number of pyridine rings is 1. The number of anilines is 1. The van der Waals surface area contributed by atoms with Crippen molar-refractivity contribution in [2.75, 3.05) is 5.32 Å². The van der Waals surface area contributed by atoms with Crippen LogP contribution < -0.4 is 5.32 Å². The van der Waals surface area contributed by atoms with E-state index in [4.69, 9.17) is 0 Å². The van der Waals surface area contributed by atoms with E-state index < -0.39 is 5.95 Å². The molecule has 1 aromatic heterocycles. The van der Waals surface area contributed by atoms with Crippen LogP contribution in [0.4, 0.5) is 10.1 Å². The molecule has 4 rings (SSSR count). The molecule has 0 saturated heterocycles. The van der Waals surface area contributed by atoms with Crippen molar-refractivity contribution in [1.82, 2.24) is 4.98 Å². The second-order valence-electron chi connectivity index (χ2n) is 5.81. The Hall–Kier alpha value is -2.23. The van der Waals surface area contributed by atoms with E-state index in [-0.39, 0.29) is 11.8 Å². The van der Waals surface area contributed by atoms with Gasteiger partial charge in [-0.1, -0.05) is 24.3 Å². The Morgan fingerprint density at radius 1 is 1.24 bits per heavy atom. The number of carbonyl (C=O) groups excluding carboxylic acids is 1. The molecule has 1 saturated carbocycles. The molecule has 0 aliphatic heterocycles. The van der Waals surface area contributed by atoms with Crippen molar-refractivity contribution in [3.05, 3.63) is 59.7 Å². The van der Waals surface area contributed by atoms with Gasteiger partial charge in [0.1, 0.15) is 0 Å². The average molecular weight is 282 g/mol. The van der Waals surface area contributed by atoms with Crippen LogP contribution in [0.2, 0.25) is 0 Å². The SMILES string of the molecule is O=C(Nc1ccc(F)nc1)C1C2CCc3ccccc3C21. The lowest BCUT2D eigenvalue weighted by Gasteiger charge is -2.13. The summed E-state index contributed by atoms with van der Waals surface area (Å²) in [5.74, 6) is 0.326. The molecular weight excluding hydrogens is 267 g/mol. The largest absolute Gasteiger partial charge is 0.324 e. The molecule has 0 bridgehead atoms. The van der Waals surface area contributed by atoms with Crippen LogP contribution in [-0.2, 0) is 11.2 Å². The molecule has 3 nitrogen and oxygen atoms in total. The number of rotatable bonds is 2. The molecule has 1 N–H and O–H groups in total. The number of amides is 1. The maximum absolute atomic E-state index is 12.8. The normalized spacial score (nSPS) is 25.7. The predicted molar refractivity (Wildman–Crippen MR) is 77.3 cm³/mol. The van der Waals surface area contributed by atoms with E-state index in [2.05, 4.69) is 28.5 Å². The van der Waals surface area contributed by atoms with Crippen molar-refractivity contribution < 1.29 is 9.18 Å². The number of halogens is 1. The summed E-state index contributed by atoms with van der Waals surface area (Å²) >= 11 is 0. The Kier molecular flexibility index (Phi) is 2.77. The molecule has 1 heterocycles. The second kappa shape index (κ2) is 4.65. The van der Waals surface area contributed by atoms with Gasteiger partial charge in [-0.05, 0) is 47.9 Å². The maximum atomic E-state index is 12.8. The summed E-state index contributed by atoms with van der Waals surface area (Å²) in [6.45, 7) is 0. The van der Waals surface area contributed by atoms with E-state index in [9.17, 15) is 9.18 Å². The highest BCUT2D eigenvalue weighted by Crippen LogP contribution is 2.60. The summed E-state index contributed by atoms with van der Waals surface area (Å²) in [7, 11) is 0. The first-order valence-electron chi connectivity index (χ1n) is 7.24. The summed E-state index contributed by atoms with van der Waals surface area (Å²) in [5.41, 5.74) is 3.25. The number of aromatic nitrogens is 1. The number of nitrogens with one attached hydrogen (secondary N) is 1. The maximum Gasteiger partial charge on any atom is 0.228 e. The molecule has 1 aromatic carbocycles. The first-order chi connectivity index (χ1) is 10.2. The summed E-state index contributed by atoms with van der Waals surface area (Å²) < 4.78 is 12.8. The molecule has 3 atom stereocenters. The van der Waals surface area contributed by atoms with Crippen molar-refractivity contribution in [3.8, 4) is 0 Å². The predicted octanol–water partition coefficient (Wildman–Crippen LogP) is 3.14. The average Bonchev–Trinajstić information content (AvgIpc) is 3.25. The van der Waals surface area contributed by atoms with Crippen LogP contribution in [0.25, 0.3) is 0 Å². The lowest BCUT2D eigenvalue weighted by Crippen LogP contribution is -2.15. The highest BCUT2D eigenvalue weighted by atomic mass is 19.1. The fourth-order valence-corrected chi connectivity index (χ4v) is 3.60. The zero-order chi connectivity index (χ0) is 14.4. The zero-order valence-corrected chi connectivity index (χ0v) is 11.4. The van der Waals surface area contributed by atoms with Crippen LogP contribution in [-0.4, -0.2) is 10.9 Å². The fraction of sp³-hybridized carbons (Fsp3) is 0.294. The van der Waals surface area contributed by atoms with Crippen LogP contribution in [0, 0.1) is 17.8 Å². The first-order valence-corrected chi connectivity index (χ1v) is 7.24. The van der Waals surface area contributed by atoms with Crippen molar-refractivity contribution in [1.29, 1.82) is 0 Å². The Labute approximate surface area is 122 Å². The topological polar surface area (TPSA) is 42.0 Å². The molecule has 4 heteroatoms. The van der Waals surface area contributed by atoms with Gasteiger partial charge in [-0.3, -0.25) is 4.79 Å². The van der Waals surface area contributed by atoms with Crippen LogP contribution in [0.15, 0.2) is 42.6 Å².